The van der Waals surface area contributed by atoms with Crippen LogP contribution in [0.1, 0.15) is 54.0 Å². The molecule has 0 radical (unpaired) electrons. The highest BCUT2D eigenvalue weighted by atomic mass is 16.7. The molecule has 0 unspecified atom stereocenters. The van der Waals surface area contributed by atoms with Crippen LogP contribution in [0.4, 0.5) is 11.4 Å². The largest absolute Gasteiger partial charge is 0.507 e. The molecule has 9 atom stereocenters. The first-order valence-corrected chi connectivity index (χ1v) is 21.4. The number of nitrogens with zero attached hydrogens (tertiary/aromatic N) is 2. The van der Waals surface area contributed by atoms with Gasteiger partial charge in [-0.15, -0.1) is 0 Å². The third-order valence-corrected chi connectivity index (χ3v) is 12.9. The van der Waals surface area contributed by atoms with Crippen LogP contribution in [-0.2, 0) is 23.8 Å². The van der Waals surface area contributed by atoms with Crippen LogP contribution in [0.2, 0.25) is 0 Å². The van der Waals surface area contributed by atoms with Gasteiger partial charge < -0.3 is 59.3 Å². The number of phenolic OH excluding ortho intramolecular Hbond substituents is 1. The van der Waals surface area contributed by atoms with Gasteiger partial charge in [-0.3, -0.25) is 19.2 Å². The van der Waals surface area contributed by atoms with Crippen LogP contribution in [0.5, 0.6) is 11.5 Å². The molecule has 3 aliphatic rings. The molecule has 0 spiro atoms. The van der Waals surface area contributed by atoms with E-state index in [1.54, 1.807) is 45.9 Å². The molecule has 4 bridgehead atoms. The molecule has 1 amide bonds. The van der Waals surface area contributed by atoms with E-state index in [-0.39, 0.29) is 60.8 Å². The Morgan fingerprint density at radius 1 is 0.953 bits per heavy atom. The third kappa shape index (κ3) is 8.17. The average molecular weight is 885 g/mol. The highest BCUT2D eigenvalue weighted by Crippen LogP contribution is 2.42. The number of aliphatic hydroxyl groups excluding tert-OH is 3. The summed E-state index contributed by atoms with van der Waals surface area (Å²) in [6.07, 6.45) is 3.55. The number of amides is 1. The lowest BCUT2D eigenvalue weighted by Crippen LogP contribution is -2.46. The number of hydrogen-bond donors (Lipinski definition) is 6. The normalized spacial score (nSPS) is 30.2. The van der Waals surface area contributed by atoms with Crippen molar-refractivity contribution in [3.63, 3.8) is 0 Å². The molecule has 1 aromatic heterocycles. The lowest BCUT2D eigenvalue weighted by molar-refractivity contribution is -0.160. The first-order valence-electron chi connectivity index (χ1n) is 21.4. The number of fused-ring (bicyclic) bond motifs is 2. The van der Waals surface area contributed by atoms with E-state index in [9.17, 15) is 39.6 Å². The standard InChI is InChI=1S/C47H56N4O13/c1-21-11-10-12-22(2)46(59)50-37-41(57)33-32(36-44(37)63-31-20-28(19-29(53)35(31)49-36)51-16-14-48-15-17-51)34-43(26(6)40(33)56)64-47(8,45(34)58)61-18-13-30(60-9)23(3)42(62-27(7)52)25(5)39(55)24(4)38(21)54/h10-13,18-21,23-25,30,38-39,42,48,54-56,58H,14-17H2,1-9H3,(H,50,59)/b11-10+,18-13+,22-12-/t21-,23+,24+,25+,30-,38-,39+,42+,47-/m0/s1. The monoisotopic (exact) mass is 884 g/mol. The van der Waals surface area contributed by atoms with Crippen molar-refractivity contribution in [3.8, 4) is 11.5 Å². The molecule has 3 aromatic carbocycles. The number of methoxy groups -OCH3 is 1. The summed E-state index contributed by atoms with van der Waals surface area (Å²) in [6.45, 7) is 15.2. The molecule has 342 valence electrons. The van der Waals surface area contributed by atoms with E-state index in [2.05, 4.69) is 10.6 Å². The van der Waals surface area contributed by atoms with Crippen molar-refractivity contribution in [2.45, 2.75) is 85.6 Å². The molecule has 0 saturated carbocycles. The van der Waals surface area contributed by atoms with Gasteiger partial charge in [0, 0.05) is 105 Å². The number of esters is 1. The zero-order valence-corrected chi connectivity index (χ0v) is 37.3. The summed E-state index contributed by atoms with van der Waals surface area (Å²) in [5.74, 6) is -6.93. The van der Waals surface area contributed by atoms with Crippen molar-refractivity contribution in [1.82, 2.24) is 10.3 Å². The fraction of sp³-hybridized carbons (Fsp3) is 0.468. The van der Waals surface area contributed by atoms with Crippen LogP contribution in [0.25, 0.3) is 38.7 Å². The summed E-state index contributed by atoms with van der Waals surface area (Å²) < 4.78 is 30.4. The van der Waals surface area contributed by atoms with Crippen LogP contribution in [-0.4, -0.2) is 101 Å². The zero-order chi connectivity index (χ0) is 46.5. The molecule has 4 aromatic rings. The fourth-order valence-electron chi connectivity index (χ4n) is 8.98. The van der Waals surface area contributed by atoms with Crippen LogP contribution in [0.15, 0.2) is 62.3 Å². The molecule has 17 heteroatoms. The van der Waals surface area contributed by atoms with E-state index in [0.717, 1.165) is 0 Å². The predicted molar refractivity (Wildman–Crippen MR) is 240 cm³/mol. The Labute approximate surface area is 368 Å². The van der Waals surface area contributed by atoms with Crippen molar-refractivity contribution >= 4 is 62.0 Å². The summed E-state index contributed by atoms with van der Waals surface area (Å²) in [5, 5.41) is 52.3. The lowest BCUT2D eigenvalue weighted by atomic mass is 9.78. The maximum atomic E-state index is 14.8. The summed E-state index contributed by atoms with van der Waals surface area (Å²) >= 11 is 0. The second-order valence-corrected chi connectivity index (χ2v) is 17.3. The second kappa shape index (κ2) is 17.9. The van der Waals surface area contributed by atoms with Gasteiger partial charge in [0.05, 0.1) is 35.2 Å². The van der Waals surface area contributed by atoms with Crippen molar-refractivity contribution < 1.29 is 53.4 Å². The number of carbonyl (C=O) groups is 2. The number of allylic oxidation sites excluding steroid dienone is 2. The summed E-state index contributed by atoms with van der Waals surface area (Å²) in [7, 11) is 1.44. The van der Waals surface area contributed by atoms with E-state index in [4.69, 9.17) is 28.3 Å². The Balaban J connectivity index is 1.49. The van der Waals surface area contributed by atoms with Gasteiger partial charge in [0.1, 0.15) is 28.8 Å². The Kier molecular flexibility index (Phi) is 12.8. The number of aromatic nitrogens is 1. The molecule has 3 aliphatic heterocycles. The van der Waals surface area contributed by atoms with Crippen molar-refractivity contribution in [1.29, 1.82) is 0 Å². The molecule has 17 nitrogen and oxygen atoms in total. The number of phenols is 1. The zero-order valence-electron chi connectivity index (χ0n) is 37.3. The van der Waals surface area contributed by atoms with Gasteiger partial charge in [0.15, 0.2) is 22.4 Å². The SMILES string of the molecule is CO[C@H]1/C=C/O[C@@]2(C)Oc3c(C)c(O)c4c(=O)c(c5oc6cc(N7CCNCC7)cc(=O)c6nc5c4c3=C2O)NC(=O)/C(C)=C\C=C\[C@H](C)[C@H](O)[C@@H](C)[C@@H](O)[C@@H](C)[C@H](OC(C)=O)[C@@H]1C. The predicted octanol–water partition coefficient (Wildman–Crippen LogP) is 3.97. The third-order valence-electron chi connectivity index (χ3n) is 12.9. The smallest absolute Gasteiger partial charge is 0.307 e. The number of aromatic hydroxyl groups is 1. The molecule has 0 aliphatic carbocycles. The minimum absolute atomic E-state index is 0.0287. The summed E-state index contributed by atoms with van der Waals surface area (Å²) in [5.41, 5.74) is -1.42. The van der Waals surface area contributed by atoms with E-state index in [0.29, 0.717) is 31.9 Å². The Hall–Kier alpha value is -6.01. The molecule has 64 heavy (non-hydrogen) atoms. The average Bonchev–Trinajstić information content (AvgIpc) is 3.54. The van der Waals surface area contributed by atoms with Gasteiger partial charge in [-0.25, -0.2) is 4.98 Å². The number of nitrogens with one attached hydrogen (secondary N) is 2. The van der Waals surface area contributed by atoms with Crippen molar-refractivity contribution in [3.05, 3.63) is 79.5 Å². The Bertz CT molecular complexity index is 2790. The number of rotatable bonds is 3. The fourth-order valence-corrected chi connectivity index (χ4v) is 8.98. The quantitative estimate of drug-likeness (QED) is 0.0970. The van der Waals surface area contributed by atoms with Crippen LogP contribution in [0, 0.1) is 30.6 Å². The van der Waals surface area contributed by atoms with Gasteiger partial charge in [0.25, 0.3) is 5.91 Å². The maximum Gasteiger partial charge on any atom is 0.307 e. The number of hydrogen-bond acceptors (Lipinski definition) is 16. The van der Waals surface area contributed by atoms with Gasteiger partial charge in [-0.05, 0) is 19.9 Å². The number of aliphatic hydroxyl groups is 3. The van der Waals surface area contributed by atoms with E-state index >= 15 is 0 Å². The summed E-state index contributed by atoms with van der Waals surface area (Å²) in [6, 6.07) is 3.09. The number of ether oxygens (including phenoxy) is 4. The number of piperazine rings is 1. The topological polar surface area (TPSA) is 239 Å². The van der Waals surface area contributed by atoms with Gasteiger partial charge >= 0.3 is 11.8 Å². The van der Waals surface area contributed by atoms with Gasteiger partial charge in [-0.1, -0.05) is 45.9 Å². The van der Waals surface area contributed by atoms with E-state index in [1.165, 1.54) is 59.3 Å². The molecule has 6 N–H and O–H groups in total. The lowest BCUT2D eigenvalue weighted by Gasteiger charge is -2.38. The van der Waals surface area contributed by atoms with E-state index in [1.807, 2.05) is 4.90 Å². The van der Waals surface area contributed by atoms with Crippen molar-refractivity contribution in [2.75, 3.05) is 43.5 Å². The van der Waals surface area contributed by atoms with Crippen LogP contribution in [0.3, 0.4) is 0 Å². The van der Waals surface area contributed by atoms with Crippen LogP contribution >= 0.6 is 0 Å². The first kappa shape index (κ1) is 46.0. The molecule has 1 fully saturated rings. The minimum Gasteiger partial charge on any atom is -0.507 e. The molecule has 4 heterocycles. The van der Waals surface area contributed by atoms with Crippen LogP contribution < -0.4 is 36.3 Å². The van der Waals surface area contributed by atoms with Crippen molar-refractivity contribution in [2.24, 2.45) is 23.7 Å². The summed E-state index contributed by atoms with van der Waals surface area (Å²) in [4.78, 5) is 61.7. The second-order valence-electron chi connectivity index (χ2n) is 17.3. The minimum atomic E-state index is -1.98. The Morgan fingerprint density at radius 3 is 2.33 bits per heavy atom. The highest BCUT2D eigenvalue weighted by Gasteiger charge is 2.44. The van der Waals surface area contributed by atoms with Gasteiger partial charge in [0.2, 0.25) is 10.9 Å². The maximum absolute atomic E-state index is 14.8. The molecular formula is C47H56N4O13. The van der Waals surface area contributed by atoms with Gasteiger partial charge in [-0.2, -0.15) is 0 Å². The van der Waals surface area contributed by atoms with E-state index < -0.39 is 88.1 Å². The molecular weight excluding hydrogens is 829 g/mol. The first-order chi connectivity index (χ1) is 30.3. The molecule has 1 saturated heterocycles. The Morgan fingerprint density at radius 2 is 1.66 bits per heavy atom. The number of carbonyl (C=O) groups excluding carboxylic acids is 2. The number of benzene rings is 3. The number of anilines is 2. The molecule has 7 rings (SSSR count). The highest BCUT2D eigenvalue weighted by molar-refractivity contribution is 6.16.